The van der Waals surface area contributed by atoms with Crippen LogP contribution in [-0.4, -0.2) is 117 Å². The summed E-state index contributed by atoms with van der Waals surface area (Å²) in [7, 11) is 1.65. The van der Waals surface area contributed by atoms with Crippen molar-refractivity contribution in [3.8, 4) is 5.75 Å². The molecule has 2 heterocycles. The van der Waals surface area contributed by atoms with Crippen molar-refractivity contribution in [1.82, 2.24) is 19.9 Å². The van der Waals surface area contributed by atoms with Crippen LogP contribution in [0.5, 0.6) is 5.75 Å². The second-order valence-corrected chi connectivity index (χ2v) is 14.6. The van der Waals surface area contributed by atoms with Gasteiger partial charge in [0.1, 0.15) is 11.4 Å². The van der Waals surface area contributed by atoms with E-state index in [2.05, 4.69) is 9.88 Å². The van der Waals surface area contributed by atoms with E-state index in [-0.39, 0.29) is 64.8 Å². The molecule has 13 nitrogen and oxygen atoms in total. The molecule has 0 bridgehead atoms. The van der Waals surface area contributed by atoms with Crippen LogP contribution in [0.15, 0.2) is 27.6 Å². The van der Waals surface area contributed by atoms with Crippen LogP contribution < -0.4 is 9.46 Å². The molecule has 2 amide bonds. The van der Waals surface area contributed by atoms with Crippen LogP contribution in [0, 0.1) is 19.8 Å². The number of carbonyl (C=O) groups is 2. The van der Waals surface area contributed by atoms with Crippen LogP contribution >= 0.6 is 0 Å². The Balaban J connectivity index is 1.95. The molecule has 0 saturated carbocycles. The molecule has 0 aliphatic carbocycles. The van der Waals surface area contributed by atoms with Gasteiger partial charge in [0.25, 0.3) is 15.9 Å². The number of benzene rings is 1. The quantitative estimate of drug-likeness (QED) is 0.359. The summed E-state index contributed by atoms with van der Waals surface area (Å²) in [6.07, 6.45) is 2.92. The Hall–Kier alpha value is -3.20. The molecule has 47 heavy (non-hydrogen) atoms. The Morgan fingerprint density at radius 3 is 2.55 bits per heavy atom. The van der Waals surface area contributed by atoms with Crippen molar-refractivity contribution in [3.63, 3.8) is 0 Å². The molecule has 1 aliphatic rings. The number of aryl methyl sites for hydroxylation is 2. The van der Waals surface area contributed by atoms with Crippen molar-refractivity contribution in [2.75, 3.05) is 58.7 Å². The maximum Gasteiger partial charge on any atom is 0.267 e. The van der Waals surface area contributed by atoms with E-state index in [9.17, 15) is 23.1 Å². The molecule has 0 spiro atoms. The summed E-state index contributed by atoms with van der Waals surface area (Å²) in [5.74, 6) is -0.139. The van der Waals surface area contributed by atoms with Crippen LogP contribution in [0.4, 0.5) is 5.69 Å². The Bertz CT molecular complexity index is 1430. The molecule has 1 aromatic heterocycles. The van der Waals surface area contributed by atoms with Crippen molar-refractivity contribution >= 4 is 27.5 Å². The third-order valence-electron chi connectivity index (χ3n) is 8.42. The monoisotopic (exact) mass is 679 g/mol. The minimum Gasteiger partial charge on any atom is -0.490 e. The summed E-state index contributed by atoms with van der Waals surface area (Å²) in [4.78, 5) is 32.5. The molecule has 14 heteroatoms. The number of nitrogens with zero attached hydrogens (tertiary/aromatic N) is 4. The largest absolute Gasteiger partial charge is 0.490 e. The van der Waals surface area contributed by atoms with E-state index in [0.717, 1.165) is 25.8 Å². The number of aliphatic hydroxyl groups excluding tert-OH is 1. The molecule has 0 unspecified atom stereocenters. The third-order valence-corrected chi connectivity index (χ3v) is 10.0. The fourth-order valence-electron chi connectivity index (χ4n) is 5.62. The lowest BCUT2D eigenvalue weighted by Crippen LogP contribution is -2.48. The number of amides is 2. The zero-order valence-electron chi connectivity index (χ0n) is 29.1. The summed E-state index contributed by atoms with van der Waals surface area (Å²) in [6.45, 7) is 10.3. The highest BCUT2D eigenvalue weighted by Crippen LogP contribution is 2.30. The number of likely N-dealkylation sites (N-methyl/N-ethyl adjacent to an activating group) is 1. The number of hydrogen-bond donors (Lipinski definition) is 2. The summed E-state index contributed by atoms with van der Waals surface area (Å²) in [5, 5.41) is 14.0. The first-order valence-corrected chi connectivity index (χ1v) is 17.8. The number of carbonyl (C=O) groups excluding carboxylic acids is 2. The molecule has 3 rings (SSSR count). The fourth-order valence-corrected chi connectivity index (χ4v) is 7.00. The highest BCUT2D eigenvalue weighted by Gasteiger charge is 2.32. The van der Waals surface area contributed by atoms with Gasteiger partial charge in [0.15, 0.2) is 10.7 Å². The molecule has 0 fully saturated rings. The van der Waals surface area contributed by atoms with Crippen molar-refractivity contribution in [3.05, 3.63) is 35.2 Å². The molecule has 1 aromatic carbocycles. The van der Waals surface area contributed by atoms with Gasteiger partial charge < -0.3 is 33.8 Å². The van der Waals surface area contributed by atoms with Gasteiger partial charge in [-0.1, -0.05) is 12.1 Å². The standard InChI is InChI=1S/C33H53N5O8S/c1-22-19-38(23(2)21-39)33(41)28-18-27(35-47(42,43)32-25(4)34-46-26(32)5)14-15-29(28)45-24(3)12-9-10-17-44-30(22)20-37(8)31(40)13-11-16-36(6)7/h14-15,18,22-24,30,35,39H,9-13,16-17,19-21H2,1-8H3/t22-,23+,24-,30+/m0/s1. The Kier molecular flexibility index (Phi) is 14.1. The van der Waals surface area contributed by atoms with Crippen LogP contribution in [0.1, 0.15) is 74.7 Å². The lowest BCUT2D eigenvalue weighted by atomic mass is 10.0. The van der Waals surface area contributed by atoms with Gasteiger partial charge in [-0.3, -0.25) is 14.3 Å². The van der Waals surface area contributed by atoms with Crippen molar-refractivity contribution in [2.45, 2.75) is 89.9 Å². The number of hydrogen-bond acceptors (Lipinski definition) is 10. The van der Waals surface area contributed by atoms with Crippen LogP contribution in [0.2, 0.25) is 0 Å². The number of aromatic nitrogens is 1. The Morgan fingerprint density at radius 1 is 1.19 bits per heavy atom. The SMILES string of the molecule is Cc1noc(C)c1S(=O)(=O)Nc1ccc2c(c1)C(=O)N([C@H](C)CO)C[C@H](C)[C@@H](CN(C)C(=O)CCCN(C)C)OCCCC[C@H](C)O2. The molecule has 2 aromatic rings. The van der Waals surface area contributed by atoms with Gasteiger partial charge in [-0.05, 0) is 92.2 Å². The normalized spacial score (nSPS) is 20.7. The summed E-state index contributed by atoms with van der Waals surface area (Å²) >= 11 is 0. The first-order valence-electron chi connectivity index (χ1n) is 16.3. The van der Waals surface area contributed by atoms with Gasteiger partial charge in [-0.2, -0.15) is 0 Å². The molecular weight excluding hydrogens is 626 g/mol. The third kappa shape index (κ3) is 10.6. The van der Waals surface area contributed by atoms with Crippen LogP contribution in [0.25, 0.3) is 0 Å². The Labute approximate surface area is 279 Å². The van der Waals surface area contributed by atoms with E-state index in [1.54, 1.807) is 42.8 Å². The topological polar surface area (TPSA) is 155 Å². The van der Waals surface area contributed by atoms with Gasteiger partial charge in [-0.25, -0.2) is 8.42 Å². The highest BCUT2D eigenvalue weighted by molar-refractivity contribution is 7.92. The Morgan fingerprint density at radius 2 is 1.91 bits per heavy atom. The maximum absolute atomic E-state index is 14.3. The number of sulfonamides is 1. The molecule has 1 aliphatic heterocycles. The maximum atomic E-state index is 14.3. The lowest BCUT2D eigenvalue weighted by molar-refractivity contribution is -0.132. The highest BCUT2D eigenvalue weighted by atomic mass is 32.2. The predicted octanol–water partition coefficient (Wildman–Crippen LogP) is 3.69. The van der Waals surface area contributed by atoms with E-state index in [0.29, 0.717) is 31.7 Å². The minimum atomic E-state index is -4.08. The fraction of sp³-hybridized carbons (Fsp3) is 0.667. The number of aliphatic hydroxyl groups is 1. The molecule has 2 N–H and O–H groups in total. The lowest BCUT2D eigenvalue weighted by Gasteiger charge is -2.36. The van der Waals surface area contributed by atoms with Gasteiger partial charge in [0, 0.05) is 44.8 Å². The second kappa shape index (κ2) is 17.3. The van der Waals surface area contributed by atoms with Crippen LogP contribution in [0.3, 0.4) is 0 Å². The van der Waals surface area contributed by atoms with E-state index in [4.69, 9.17) is 14.0 Å². The average Bonchev–Trinajstić information content (AvgIpc) is 3.36. The van der Waals surface area contributed by atoms with E-state index >= 15 is 0 Å². The van der Waals surface area contributed by atoms with Gasteiger partial charge in [0.05, 0.1) is 30.4 Å². The number of anilines is 1. The number of nitrogens with one attached hydrogen (secondary N) is 1. The van der Waals surface area contributed by atoms with Crippen molar-refractivity contribution in [1.29, 1.82) is 0 Å². The average molecular weight is 680 g/mol. The second-order valence-electron chi connectivity index (χ2n) is 13.0. The molecule has 0 saturated heterocycles. The first kappa shape index (κ1) is 38.2. The van der Waals surface area contributed by atoms with Gasteiger partial charge in [-0.15, -0.1) is 0 Å². The summed E-state index contributed by atoms with van der Waals surface area (Å²) in [6, 6.07) is 4.03. The minimum absolute atomic E-state index is 0.0326. The van der Waals surface area contributed by atoms with Crippen LogP contribution in [-0.2, 0) is 19.6 Å². The number of fused-ring (bicyclic) bond motifs is 1. The van der Waals surface area contributed by atoms with Gasteiger partial charge >= 0.3 is 0 Å². The molecule has 0 radical (unpaired) electrons. The smallest absolute Gasteiger partial charge is 0.267 e. The molecular formula is C33H53N5O8S. The summed E-state index contributed by atoms with van der Waals surface area (Å²) in [5.41, 5.74) is 0.539. The van der Waals surface area contributed by atoms with Crippen molar-refractivity contribution < 1.29 is 37.1 Å². The molecule has 264 valence electrons. The van der Waals surface area contributed by atoms with Gasteiger partial charge in [0.2, 0.25) is 5.91 Å². The van der Waals surface area contributed by atoms with Crippen molar-refractivity contribution in [2.24, 2.45) is 5.92 Å². The first-order chi connectivity index (χ1) is 22.1. The molecule has 4 atom stereocenters. The van der Waals surface area contributed by atoms with E-state index in [1.807, 2.05) is 32.8 Å². The van der Waals surface area contributed by atoms with E-state index < -0.39 is 22.0 Å². The predicted molar refractivity (Wildman–Crippen MR) is 179 cm³/mol. The summed E-state index contributed by atoms with van der Waals surface area (Å²) < 4.78 is 46.8. The number of ether oxygens (including phenoxy) is 2. The zero-order valence-corrected chi connectivity index (χ0v) is 29.9. The zero-order chi connectivity index (χ0) is 34.9. The number of rotatable bonds is 11. The van der Waals surface area contributed by atoms with E-state index in [1.165, 1.54) is 13.0 Å².